The van der Waals surface area contributed by atoms with Crippen molar-refractivity contribution in [3.8, 4) is 5.75 Å². The van der Waals surface area contributed by atoms with Crippen molar-refractivity contribution in [3.05, 3.63) is 29.3 Å². The van der Waals surface area contributed by atoms with Crippen LogP contribution < -0.4 is 15.8 Å². The van der Waals surface area contributed by atoms with E-state index in [0.717, 1.165) is 24.2 Å². The topological polar surface area (TPSA) is 106 Å². The van der Waals surface area contributed by atoms with E-state index in [1.165, 1.54) is 0 Å². The first kappa shape index (κ1) is 18.5. The van der Waals surface area contributed by atoms with Gasteiger partial charge in [-0.25, -0.2) is 0 Å². The maximum Gasteiger partial charge on any atom is 0.252 e. The predicted octanol–water partition coefficient (Wildman–Crippen LogP) is 2.23. The van der Waals surface area contributed by atoms with E-state index in [2.05, 4.69) is 10.5 Å². The highest BCUT2D eigenvalue weighted by Crippen LogP contribution is 2.44. The number of ether oxygens (including phenoxy) is 2. The van der Waals surface area contributed by atoms with E-state index in [-0.39, 0.29) is 17.8 Å². The van der Waals surface area contributed by atoms with Gasteiger partial charge in [0.25, 0.3) is 5.91 Å². The Balaban J connectivity index is 1.82. The van der Waals surface area contributed by atoms with Crippen LogP contribution in [0.1, 0.15) is 55.5 Å². The molecule has 1 aromatic rings. The van der Waals surface area contributed by atoms with Crippen molar-refractivity contribution in [2.75, 3.05) is 13.2 Å². The molecule has 1 saturated carbocycles. The molecule has 1 atom stereocenters. The van der Waals surface area contributed by atoms with Crippen molar-refractivity contribution >= 4 is 11.7 Å². The van der Waals surface area contributed by atoms with Crippen molar-refractivity contribution in [1.29, 1.82) is 0 Å². The zero-order valence-electron chi connectivity index (χ0n) is 15.5. The number of nitrogens with two attached hydrogens (primary N) is 1. The molecule has 142 valence electrons. The van der Waals surface area contributed by atoms with Gasteiger partial charge in [-0.2, -0.15) is 0 Å². The molecule has 7 heteroatoms. The molecule has 7 nitrogen and oxygen atoms in total. The molecule has 0 aromatic heterocycles. The molecule has 2 fully saturated rings. The third-order valence-corrected chi connectivity index (χ3v) is 4.90. The van der Waals surface area contributed by atoms with Crippen LogP contribution in [0.25, 0.3) is 0 Å². The molecule has 0 bridgehead atoms. The molecule has 1 heterocycles. The normalized spacial score (nSPS) is 20.4. The minimum atomic E-state index is -0.605. The van der Waals surface area contributed by atoms with E-state index in [1.54, 1.807) is 12.1 Å². The smallest absolute Gasteiger partial charge is 0.252 e. The highest BCUT2D eigenvalue weighted by atomic mass is 16.5. The number of oxime groups is 1. The van der Waals surface area contributed by atoms with Gasteiger partial charge in [0.1, 0.15) is 5.75 Å². The molecular formula is C19H27N3O4. The highest BCUT2D eigenvalue weighted by Gasteiger charge is 2.44. The maximum atomic E-state index is 12.8. The van der Waals surface area contributed by atoms with Crippen molar-refractivity contribution in [3.63, 3.8) is 0 Å². The summed E-state index contributed by atoms with van der Waals surface area (Å²) in [6.45, 7) is 6.75. The number of rotatable bonds is 7. The number of amides is 1. The van der Waals surface area contributed by atoms with Gasteiger partial charge in [0.15, 0.2) is 5.84 Å². The van der Waals surface area contributed by atoms with Crippen LogP contribution in [0.3, 0.4) is 0 Å². The van der Waals surface area contributed by atoms with Gasteiger partial charge in [0.2, 0.25) is 0 Å². The minimum absolute atomic E-state index is 0.0294. The van der Waals surface area contributed by atoms with Gasteiger partial charge in [0.05, 0.1) is 25.4 Å². The minimum Gasteiger partial charge on any atom is -0.491 e. The molecule has 3 rings (SSSR count). The number of nitrogens with one attached hydrogen (secondary N) is 1. The van der Waals surface area contributed by atoms with Crippen LogP contribution in [-0.2, 0) is 4.74 Å². The number of carbonyl (C=O) groups excluding carboxylic acids is 1. The third kappa shape index (κ3) is 3.77. The fourth-order valence-corrected chi connectivity index (χ4v) is 3.23. The molecule has 1 aliphatic carbocycles. The standard InChI is InChI=1S/C19H27N3O4/c1-11(2)26-15-8-13(6-7-14(15)12-4-5-12)18(23)21-16(17(20)22-24)19(3)9-25-10-19/h6-8,11-12,16,24H,4-5,9-10H2,1-3H3,(H2,20,22)(H,21,23). The molecule has 26 heavy (non-hydrogen) atoms. The van der Waals surface area contributed by atoms with Crippen molar-refractivity contribution < 1.29 is 19.5 Å². The zero-order chi connectivity index (χ0) is 18.9. The first-order chi connectivity index (χ1) is 12.3. The van der Waals surface area contributed by atoms with Crippen molar-refractivity contribution in [2.45, 2.75) is 51.7 Å². The monoisotopic (exact) mass is 361 g/mol. The summed E-state index contributed by atoms with van der Waals surface area (Å²) in [6.07, 6.45) is 2.34. The fourth-order valence-electron chi connectivity index (χ4n) is 3.23. The molecule has 1 aromatic carbocycles. The summed E-state index contributed by atoms with van der Waals surface area (Å²) in [5.41, 5.74) is 7.07. The Morgan fingerprint density at radius 2 is 2.12 bits per heavy atom. The van der Waals surface area contributed by atoms with Crippen molar-refractivity contribution in [1.82, 2.24) is 5.32 Å². The lowest BCUT2D eigenvalue weighted by Gasteiger charge is -2.43. The van der Waals surface area contributed by atoms with Crippen molar-refractivity contribution in [2.24, 2.45) is 16.3 Å². The Morgan fingerprint density at radius 1 is 1.42 bits per heavy atom. The second-order valence-electron chi connectivity index (χ2n) is 7.77. The number of hydrogen-bond donors (Lipinski definition) is 3. The molecule has 4 N–H and O–H groups in total. The number of amidine groups is 1. The zero-order valence-corrected chi connectivity index (χ0v) is 15.5. The van der Waals surface area contributed by atoms with Crippen LogP contribution in [0.2, 0.25) is 0 Å². The number of carbonyl (C=O) groups is 1. The second kappa shape index (κ2) is 7.15. The second-order valence-corrected chi connectivity index (χ2v) is 7.77. The van der Waals surface area contributed by atoms with E-state index in [9.17, 15) is 4.79 Å². The van der Waals surface area contributed by atoms with Gasteiger partial charge in [-0.1, -0.05) is 18.1 Å². The van der Waals surface area contributed by atoms with E-state index in [1.807, 2.05) is 26.8 Å². The Bertz CT molecular complexity index is 709. The highest BCUT2D eigenvalue weighted by molar-refractivity contribution is 5.99. The van der Waals surface area contributed by atoms with Gasteiger partial charge in [0, 0.05) is 11.0 Å². The lowest BCUT2D eigenvalue weighted by Crippen LogP contribution is -2.61. The maximum absolute atomic E-state index is 12.8. The van der Waals surface area contributed by atoms with Gasteiger partial charge in [-0.3, -0.25) is 4.79 Å². The summed E-state index contributed by atoms with van der Waals surface area (Å²) in [5.74, 6) is 0.966. The molecule has 0 spiro atoms. The third-order valence-electron chi connectivity index (χ3n) is 4.90. The Kier molecular flexibility index (Phi) is 5.09. The van der Waals surface area contributed by atoms with Crippen LogP contribution in [0.5, 0.6) is 5.75 Å². The van der Waals surface area contributed by atoms with Crippen LogP contribution >= 0.6 is 0 Å². The molecule has 1 amide bonds. The molecule has 1 aliphatic heterocycles. The summed E-state index contributed by atoms with van der Waals surface area (Å²) in [5, 5.41) is 15.0. The van der Waals surface area contributed by atoms with Crippen LogP contribution in [0.15, 0.2) is 23.4 Å². The van der Waals surface area contributed by atoms with Gasteiger partial charge in [-0.15, -0.1) is 0 Å². The Labute approximate surface area is 153 Å². The quantitative estimate of drug-likeness (QED) is 0.299. The van der Waals surface area contributed by atoms with Crippen LogP contribution in [0.4, 0.5) is 0 Å². The molecule has 1 unspecified atom stereocenters. The van der Waals surface area contributed by atoms with E-state index >= 15 is 0 Å². The SMILES string of the molecule is CC(C)Oc1cc(C(=O)NC(/C(N)=N/O)C2(C)COC2)ccc1C1CC1. The summed E-state index contributed by atoms with van der Waals surface area (Å²) in [7, 11) is 0. The van der Waals surface area contributed by atoms with E-state index in [4.69, 9.17) is 20.4 Å². The summed E-state index contributed by atoms with van der Waals surface area (Å²) in [6, 6.07) is 4.95. The van der Waals surface area contributed by atoms with Gasteiger partial charge in [-0.05, 0) is 50.3 Å². The predicted molar refractivity (Wildman–Crippen MR) is 97.8 cm³/mol. The summed E-state index contributed by atoms with van der Waals surface area (Å²) >= 11 is 0. The van der Waals surface area contributed by atoms with Gasteiger partial charge < -0.3 is 25.7 Å². The summed E-state index contributed by atoms with van der Waals surface area (Å²) < 4.78 is 11.2. The first-order valence-corrected chi connectivity index (χ1v) is 9.00. The number of benzene rings is 1. The lowest BCUT2D eigenvalue weighted by molar-refractivity contribution is -0.108. The molecule has 0 radical (unpaired) electrons. The Hall–Kier alpha value is -2.28. The number of nitrogens with zero attached hydrogens (tertiary/aromatic N) is 1. The van der Waals surface area contributed by atoms with Crippen LogP contribution in [0, 0.1) is 5.41 Å². The van der Waals surface area contributed by atoms with E-state index in [0.29, 0.717) is 24.7 Å². The molecular weight excluding hydrogens is 334 g/mol. The summed E-state index contributed by atoms with van der Waals surface area (Å²) in [4.78, 5) is 12.8. The first-order valence-electron chi connectivity index (χ1n) is 9.00. The number of hydrogen-bond acceptors (Lipinski definition) is 5. The van der Waals surface area contributed by atoms with E-state index < -0.39 is 11.5 Å². The lowest BCUT2D eigenvalue weighted by atomic mass is 9.79. The average molecular weight is 361 g/mol. The van der Waals surface area contributed by atoms with Gasteiger partial charge >= 0.3 is 0 Å². The van der Waals surface area contributed by atoms with Crippen LogP contribution in [-0.4, -0.2) is 42.3 Å². The molecule has 2 aliphatic rings. The Morgan fingerprint density at radius 3 is 2.62 bits per heavy atom. The molecule has 1 saturated heterocycles. The average Bonchev–Trinajstić information content (AvgIpc) is 3.41. The largest absolute Gasteiger partial charge is 0.491 e. The fraction of sp³-hybridized carbons (Fsp3) is 0.579.